The quantitative estimate of drug-likeness (QED) is 0.186. The van der Waals surface area contributed by atoms with Crippen molar-refractivity contribution in [2.24, 2.45) is 15.6 Å². The number of azo groups is 1. The van der Waals surface area contributed by atoms with Crippen LogP contribution in [0.2, 0.25) is 0 Å². The van der Waals surface area contributed by atoms with E-state index in [1.54, 1.807) is 60.7 Å². The largest absolute Gasteiger partial charge is 0.490 e. The van der Waals surface area contributed by atoms with Crippen molar-refractivity contribution in [1.82, 2.24) is 0 Å². The zero-order valence-corrected chi connectivity index (χ0v) is 21.4. The van der Waals surface area contributed by atoms with Crippen LogP contribution in [0.5, 0.6) is 5.75 Å². The molecule has 3 aromatic carbocycles. The Morgan fingerprint density at radius 1 is 0.946 bits per heavy atom. The number of ether oxygens (including phenoxy) is 2. The molecule has 0 saturated carbocycles. The number of nitriles is 1. The molecule has 0 bridgehead atoms. The number of anilines is 1. The second-order valence-electron chi connectivity index (χ2n) is 9.06. The molecule has 8 heteroatoms. The molecule has 0 unspecified atom stereocenters. The second-order valence-corrected chi connectivity index (χ2v) is 9.06. The maximum absolute atomic E-state index is 12.7. The van der Waals surface area contributed by atoms with Gasteiger partial charge in [-0.15, -0.1) is 0 Å². The number of rotatable bonds is 10. The number of nitrogens with one attached hydrogen (secondary N) is 1. The highest BCUT2D eigenvalue weighted by atomic mass is 16.6. The van der Waals surface area contributed by atoms with Crippen molar-refractivity contribution in [3.05, 3.63) is 83.4 Å². The summed E-state index contributed by atoms with van der Waals surface area (Å²) >= 11 is 0. The molecule has 0 atom stereocenters. The van der Waals surface area contributed by atoms with Crippen molar-refractivity contribution >= 4 is 28.9 Å². The van der Waals surface area contributed by atoms with Gasteiger partial charge < -0.3 is 14.8 Å². The Morgan fingerprint density at radius 3 is 2.22 bits per heavy atom. The predicted molar refractivity (Wildman–Crippen MR) is 141 cm³/mol. The van der Waals surface area contributed by atoms with Crippen LogP contribution in [0.25, 0.3) is 0 Å². The van der Waals surface area contributed by atoms with Crippen LogP contribution in [-0.4, -0.2) is 25.1 Å². The third-order valence-corrected chi connectivity index (χ3v) is 5.87. The lowest BCUT2D eigenvalue weighted by Gasteiger charge is -2.20. The topological polar surface area (TPSA) is 113 Å². The van der Waals surface area contributed by atoms with Crippen molar-refractivity contribution in [3.8, 4) is 11.8 Å². The first-order valence-corrected chi connectivity index (χ1v) is 12.0. The molecule has 0 aliphatic heterocycles. The number of nitrogens with zero attached hydrogens (tertiary/aromatic N) is 3. The summed E-state index contributed by atoms with van der Waals surface area (Å²) in [5, 5.41) is 20.2. The maximum atomic E-state index is 12.7. The number of aryl methyl sites for hydroxylation is 1. The maximum Gasteiger partial charge on any atom is 0.311 e. The fourth-order valence-corrected chi connectivity index (χ4v) is 3.10. The summed E-state index contributed by atoms with van der Waals surface area (Å²) in [4.78, 5) is 24.7. The number of carbonyl (C=O) groups excluding carboxylic acids is 2. The fourth-order valence-electron chi connectivity index (χ4n) is 3.10. The van der Waals surface area contributed by atoms with E-state index in [9.17, 15) is 9.59 Å². The van der Waals surface area contributed by atoms with E-state index in [0.717, 1.165) is 5.56 Å². The van der Waals surface area contributed by atoms with E-state index in [-0.39, 0.29) is 25.1 Å². The lowest BCUT2D eigenvalue weighted by Crippen LogP contribution is -2.27. The van der Waals surface area contributed by atoms with Crippen molar-refractivity contribution < 1.29 is 19.1 Å². The van der Waals surface area contributed by atoms with E-state index >= 15 is 0 Å². The average Bonchev–Trinajstić information content (AvgIpc) is 2.91. The van der Waals surface area contributed by atoms with Crippen LogP contribution in [0.15, 0.2) is 77.0 Å². The highest BCUT2D eigenvalue weighted by Crippen LogP contribution is 2.25. The second kappa shape index (κ2) is 12.5. The lowest BCUT2D eigenvalue weighted by molar-refractivity contribution is -0.154. The minimum atomic E-state index is -0.510. The highest BCUT2D eigenvalue weighted by Gasteiger charge is 2.26. The molecule has 0 aromatic heterocycles. The Bertz CT molecular complexity index is 1310. The molecule has 8 nitrogen and oxygen atoms in total. The number of esters is 1. The van der Waals surface area contributed by atoms with Gasteiger partial charge >= 0.3 is 5.97 Å². The van der Waals surface area contributed by atoms with Gasteiger partial charge in [0, 0.05) is 11.3 Å². The van der Waals surface area contributed by atoms with Gasteiger partial charge in [0.2, 0.25) is 0 Å². The number of hydrogen-bond acceptors (Lipinski definition) is 7. The summed E-state index contributed by atoms with van der Waals surface area (Å²) in [6.07, 6.45) is 0.699. The van der Waals surface area contributed by atoms with E-state index in [4.69, 9.17) is 14.7 Å². The predicted octanol–water partition coefficient (Wildman–Crippen LogP) is 6.89. The summed E-state index contributed by atoms with van der Waals surface area (Å²) in [7, 11) is 0. The molecule has 0 saturated heterocycles. The van der Waals surface area contributed by atoms with E-state index in [1.807, 2.05) is 33.8 Å². The smallest absolute Gasteiger partial charge is 0.311 e. The van der Waals surface area contributed by atoms with E-state index in [2.05, 4.69) is 21.6 Å². The van der Waals surface area contributed by atoms with Gasteiger partial charge in [0.05, 0.1) is 28.4 Å². The molecule has 1 N–H and O–H groups in total. The first kappa shape index (κ1) is 27.1. The Balaban J connectivity index is 1.52. The van der Waals surface area contributed by atoms with Crippen molar-refractivity contribution in [3.63, 3.8) is 0 Å². The van der Waals surface area contributed by atoms with Crippen LogP contribution >= 0.6 is 0 Å². The van der Waals surface area contributed by atoms with Gasteiger partial charge in [0.25, 0.3) is 5.91 Å². The molecule has 37 heavy (non-hydrogen) atoms. The van der Waals surface area contributed by atoms with Gasteiger partial charge in [-0.1, -0.05) is 6.92 Å². The summed E-state index contributed by atoms with van der Waals surface area (Å²) in [5.74, 6) is 0.0798. The Labute approximate surface area is 216 Å². The molecule has 3 aromatic rings. The zero-order chi connectivity index (χ0) is 26.8. The van der Waals surface area contributed by atoms with Gasteiger partial charge in [-0.05, 0) is 99.5 Å². The molecule has 0 spiro atoms. The zero-order valence-electron chi connectivity index (χ0n) is 21.4. The molecular weight excluding hydrogens is 468 g/mol. The molecule has 190 valence electrons. The summed E-state index contributed by atoms with van der Waals surface area (Å²) in [6, 6.07) is 21.0. The minimum absolute atomic E-state index is 0.160. The number of benzene rings is 3. The number of carbonyl (C=O) groups is 2. The van der Waals surface area contributed by atoms with Gasteiger partial charge in [-0.25, -0.2) is 0 Å². The van der Waals surface area contributed by atoms with Crippen molar-refractivity contribution in [2.75, 3.05) is 18.5 Å². The van der Waals surface area contributed by atoms with Gasteiger partial charge in [-0.2, -0.15) is 15.5 Å². The van der Waals surface area contributed by atoms with E-state index in [1.165, 1.54) is 0 Å². The van der Waals surface area contributed by atoms with Crippen LogP contribution in [0.4, 0.5) is 17.1 Å². The number of amides is 1. The summed E-state index contributed by atoms with van der Waals surface area (Å²) < 4.78 is 10.9. The standard InChI is InChI=1S/C29H30N4O4/c1-5-29(3,4)28(35)37-17-16-36-25-13-8-22(9-14-25)27(34)31-26-15-12-24(18-20(26)2)33-32-23-10-6-21(19-30)7-11-23/h6-15,18H,5,16-17H2,1-4H3,(H,31,34). The highest BCUT2D eigenvalue weighted by molar-refractivity contribution is 6.04. The molecular formula is C29H30N4O4. The minimum Gasteiger partial charge on any atom is -0.490 e. The van der Waals surface area contributed by atoms with E-state index < -0.39 is 5.41 Å². The molecule has 0 fully saturated rings. The molecule has 1 amide bonds. The third kappa shape index (κ3) is 7.74. The monoisotopic (exact) mass is 498 g/mol. The normalized spacial score (nSPS) is 11.1. The van der Waals surface area contributed by atoms with Crippen LogP contribution in [0.1, 0.15) is 48.7 Å². The fraction of sp³-hybridized carbons (Fsp3) is 0.276. The summed E-state index contributed by atoms with van der Waals surface area (Å²) in [5.41, 5.74) is 3.32. The van der Waals surface area contributed by atoms with Gasteiger partial charge in [0.1, 0.15) is 19.0 Å². The molecule has 0 heterocycles. The Hall–Kier alpha value is -4.51. The average molecular weight is 499 g/mol. The number of hydrogen-bond donors (Lipinski definition) is 1. The molecule has 0 radical (unpaired) electrons. The van der Waals surface area contributed by atoms with Crippen molar-refractivity contribution in [2.45, 2.75) is 34.1 Å². The SMILES string of the molecule is CCC(C)(C)C(=O)OCCOc1ccc(C(=O)Nc2ccc(N=Nc3ccc(C#N)cc3)cc2C)cc1. The first-order chi connectivity index (χ1) is 17.7. The third-order valence-electron chi connectivity index (χ3n) is 5.87. The lowest BCUT2D eigenvalue weighted by atomic mass is 9.91. The Morgan fingerprint density at radius 2 is 1.59 bits per heavy atom. The van der Waals surface area contributed by atoms with Gasteiger partial charge in [0.15, 0.2) is 0 Å². The molecule has 0 aliphatic carbocycles. The van der Waals surface area contributed by atoms with Crippen LogP contribution < -0.4 is 10.1 Å². The first-order valence-electron chi connectivity index (χ1n) is 12.0. The Kier molecular flexibility index (Phi) is 9.11. The summed E-state index contributed by atoms with van der Waals surface area (Å²) in [6.45, 7) is 7.90. The van der Waals surface area contributed by atoms with Crippen LogP contribution in [0.3, 0.4) is 0 Å². The van der Waals surface area contributed by atoms with E-state index in [0.29, 0.717) is 40.4 Å². The molecule has 0 aliphatic rings. The molecule has 3 rings (SSSR count). The van der Waals surface area contributed by atoms with Crippen LogP contribution in [-0.2, 0) is 9.53 Å². The van der Waals surface area contributed by atoms with Crippen molar-refractivity contribution in [1.29, 1.82) is 5.26 Å². The van der Waals surface area contributed by atoms with Gasteiger partial charge in [-0.3, -0.25) is 9.59 Å². The van der Waals surface area contributed by atoms with Crippen LogP contribution in [0, 0.1) is 23.7 Å².